The fourth-order valence-corrected chi connectivity index (χ4v) is 1.86. The molecule has 1 rings (SSSR count). The zero-order valence-corrected chi connectivity index (χ0v) is 15.1. The summed E-state index contributed by atoms with van der Waals surface area (Å²) in [4.78, 5) is 11.5. The van der Waals surface area contributed by atoms with E-state index in [1.807, 2.05) is 20.8 Å². The fourth-order valence-electron chi connectivity index (χ4n) is 1.86. The van der Waals surface area contributed by atoms with Gasteiger partial charge < -0.3 is 24.3 Å². The van der Waals surface area contributed by atoms with E-state index < -0.39 is 11.7 Å². The van der Waals surface area contributed by atoms with Crippen molar-refractivity contribution in [2.75, 3.05) is 27.9 Å². The molecule has 0 aliphatic heterocycles. The van der Waals surface area contributed by atoms with Crippen LogP contribution in [0.1, 0.15) is 32.8 Å². The van der Waals surface area contributed by atoms with E-state index >= 15 is 0 Å². The van der Waals surface area contributed by atoms with Gasteiger partial charge in [0.15, 0.2) is 11.5 Å². The van der Waals surface area contributed by atoms with Crippen molar-refractivity contribution in [1.82, 2.24) is 5.32 Å². The summed E-state index contributed by atoms with van der Waals surface area (Å²) in [7, 11) is 4.66. The van der Waals surface area contributed by atoms with Gasteiger partial charge in [-0.3, -0.25) is 0 Å². The van der Waals surface area contributed by atoms with Crippen LogP contribution >= 0.6 is 0 Å². The molecule has 24 heavy (non-hydrogen) atoms. The fraction of sp³-hybridized carbons (Fsp3) is 0.500. The van der Waals surface area contributed by atoms with Gasteiger partial charge in [-0.2, -0.15) is 0 Å². The van der Waals surface area contributed by atoms with Crippen LogP contribution < -0.4 is 19.5 Å². The minimum Gasteiger partial charge on any atom is -0.493 e. The molecule has 0 unspecified atom stereocenters. The normalized spacial score (nSPS) is 10.2. The number of benzene rings is 1. The van der Waals surface area contributed by atoms with Crippen molar-refractivity contribution in [3.05, 3.63) is 17.7 Å². The van der Waals surface area contributed by atoms with Crippen molar-refractivity contribution in [3.8, 4) is 29.1 Å². The molecular weight excluding hydrogens is 310 g/mol. The monoisotopic (exact) mass is 335 g/mol. The lowest BCUT2D eigenvalue weighted by Gasteiger charge is -2.19. The Morgan fingerprint density at radius 3 is 2.12 bits per heavy atom. The number of nitrogens with one attached hydrogen (secondary N) is 1. The van der Waals surface area contributed by atoms with Crippen molar-refractivity contribution in [1.29, 1.82) is 0 Å². The molecule has 0 aromatic heterocycles. The highest BCUT2D eigenvalue weighted by molar-refractivity contribution is 5.67. The Morgan fingerprint density at radius 2 is 1.67 bits per heavy atom. The highest BCUT2D eigenvalue weighted by atomic mass is 16.6. The number of rotatable bonds is 5. The summed E-state index contributed by atoms with van der Waals surface area (Å²) in [6.45, 7) is 5.86. The number of hydrogen-bond donors (Lipinski definition) is 1. The van der Waals surface area contributed by atoms with Crippen molar-refractivity contribution >= 4 is 6.09 Å². The second-order valence-corrected chi connectivity index (χ2v) is 5.89. The van der Waals surface area contributed by atoms with Gasteiger partial charge >= 0.3 is 6.09 Å². The third-order valence-electron chi connectivity index (χ3n) is 2.82. The van der Waals surface area contributed by atoms with Crippen LogP contribution in [0.4, 0.5) is 4.79 Å². The van der Waals surface area contributed by atoms with Crippen LogP contribution in [0.2, 0.25) is 0 Å². The maximum Gasteiger partial charge on any atom is 0.407 e. The summed E-state index contributed by atoms with van der Waals surface area (Å²) in [5.74, 6) is 7.62. The predicted molar refractivity (Wildman–Crippen MR) is 91.8 cm³/mol. The predicted octanol–water partition coefficient (Wildman–Crippen LogP) is 2.98. The number of carbonyl (C=O) groups is 1. The Bertz CT molecular complexity index is 598. The first-order chi connectivity index (χ1) is 11.3. The van der Waals surface area contributed by atoms with Crippen LogP contribution in [0.3, 0.4) is 0 Å². The maximum atomic E-state index is 11.5. The second kappa shape index (κ2) is 8.92. The van der Waals surface area contributed by atoms with Crippen LogP contribution in [0, 0.1) is 11.8 Å². The Morgan fingerprint density at radius 1 is 1.08 bits per heavy atom. The third-order valence-corrected chi connectivity index (χ3v) is 2.82. The lowest BCUT2D eigenvalue weighted by atomic mass is 10.2. The van der Waals surface area contributed by atoms with Gasteiger partial charge in [-0.05, 0) is 32.9 Å². The zero-order valence-electron chi connectivity index (χ0n) is 15.1. The van der Waals surface area contributed by atoms with Gasteiger partial charge in [0.05, 0.1) is 21.3 Å². The molecule has 0 bridgehead atoms. The molecule has 0 saturated carbocycles. The quantitative estimate of drug-likeness (QED) is 0.662. The molecule has 0 radical (unpaired) electrons. The molecule has 132 valence electrons. The number of amides is 1. The van der Waals surface area contributed by atoms with Crippen LogP contribution in [-0.2, 0) is 4.74 Å². The Labute approximate surface area is 143 Å². The second-order valence-electron chi connectivity index (χ2n) is 5.89. The first-order valence-electron chi connectivity index (χ1n) is 7.56. The maximum absolute atomic E-state index is 11.5. The third kappa shape index (κ3) is 6.29. The van der Waals surface area contributed by atoms with Crippen LogP contribution in [0.25, 0.3) is 0 Å². The highest BCUT2D eigenvalue weighted by Gasteiger charge is 2.15. The summed E-state index contributed by atoms with van der Waals surface area (Å²) in [5, 5.41) is 2.66. The lowest BCUT2D eigenvalue weighted by molar-refractivity contribution is 0.0529. The van der Waals surface area contributed by atoms with E-state index in [1.165, 1.54) is 0 Å². The van der Waals surface area contributed by atoms with Crippen molar-refractivity contribution in [3.63, 3.8) is 0 Å². The van der Waals surface area contributed by atoms with Gasteiger partial charge in [-0.25, -0.2) is 4.79 Å². The van der Waals surface area contributed by atoms with E-state index in [4.69, 9.17) is 18.9 Å². The van der Waals surface area contributed by atoms with Crippen molar-refractivity contribution in [2.24, 2.45) is 0 Å². The molecule has 1 aromatic rings. The molecule has 0 aliphatic rings. The average molecular weight is 335 g/mol. The van der Waals surface area contributed by atoms with Crippen LogP contribution in [-0.4, -0.2) is 39.6 Å². The van der Waals surface area contributed by atoms with Gasteiger partial charge in [-0.1, -0.05) is 11.8 Å². The minimum absolute atomic E-state index is 0.409. The summed E-state index contributed by atoms with van der Waals surface area (Å²) in [6, 6.07) is 3.55. The molecule has 6 heteroatoms. The van der Waals surface area contributed by atoms with Gasteiger partial charge in [0, 0.05) is 18.5 Å². The Kier molecular flexibility index (Phi) is 7.25. The van der Waals surface area contributed by atoms with Crippen molar-refractivity contribution < 1.29 is 23.7 Å². The zero-order chi connectivity index (χ0) is 18.2. The van der Waals surface area contributed by atoms with E-state index in [-0.39, 0.29) is 0 Å². The number of hydrogen-bond acceptors (Lipinski definition) is 5. The number of alkyl carbamates (subject to hydrolysis) is 1. The number of carbonyl (C=O) groups excluding carboxylic acids is 1. The SMILES string of the molecule is COc1cc(C#CCCNC(=O)OC(C)(C)C)cc(OC)c1OC. The summed E-state index contributed by atoms with van der Waals surface area (Å²) in [5.41, 5.74) is 0.230. The first-order valence-corrected chi connectivity index (χ1v) is 7.56. The molecule has 0 spiro atoms. The molecule has 0 atom stereocenters. The number of methoxy groups -OCH3 is 3. The Balaban J connectivity index is 2.65. The molecule has 1 aromatic carbocycles. The van der Waals surface area contributed by atoms with Gasteiger partial charge in [0.1, 0.15) is 5.60 Å². The van der Waals surface area contributed by atoms with E-state index in [0.29, 0.717) is 30.2 Å². The van der Waals surface area contributed by atoms with Gasteiger partial charge in [0.2, 0.25) is 5.75 Å². The molecule has 0 aliphatic carbocycles. The summed E-state index contributed by atoms with van der Waals surface area (Å²) >= 11 is 0. The molecule has 6 nitrogen and oxygen atoms in total. The molecular formula is C18H25NO5. The summed E-state index contributed by atoms with van der Waals surface area (Å²) in [6.07, 6.45) is 0.0488. The number of ether oxygens (including phenoxy) is 4. The molecule has 0 heterocycles. The standard InChI is InChI=1S/C18H25NO5/c1-18(2,3)24-17(20)19-10-8-7-9-13-11-14(21-4)16(23-6)15(12-13)22-5/h11-12H,8,10H2,1-6H3,(H,19,20). The smallest absolute Gasteiger partial charge is 0.407 e. The summed E-state index contributed by atoms with van der Waals surface area (Å²) < 4.78 is 21.0. The van der Waals surface area contributed by atoms with E-state index in [0.717, 1.165) is 5.56 Å². The van der Waals surface area contributed by atoms with Crippen molar-refractivity contribution in [2.45, 2.75) is 32.8 Å². The van der Waals surface area contributed by atoms with Crippen LogP contribution in [0.5, 0.6) is 17.2 Å². The first kappa shape index (κ1) is 19.5. The largest absolute Gasteiger partial charge is 0.493 e. The van der Waals surface area contributed by atoms with E-state index in [1.54, 1.807) is 33.5 Å². The topological polar surface area (TPSA) is 66.0 Å². The van der Waals surface area contributed by atoms with E-state index in [2.05, 4.69) is 17.2 Å². The lowest BCUT2D eigenvalue weighted by Crippen LogP contribution is -2.32. The molecule has 1 N–H and O–H groups in total. The molecule has 1 amide bonds. The minimum atomic E-state index is -0.508. The average Bonchev–Trinajstić information content (AvgIpc) is 2.51. The molecule has 0 saturated heterocycles. The van der Waals surface area contributed by atoms with Gasteiger partial charge in [-0.15, -0.1) is 0 Å². The van der Waals surface area contributed by atoms with E-state index in [9.17, 15) is 4.79 Å². The molecule has 0 fully saturated rings. The Hall–Kier alpha value is -2.55. The highest BCUT2D eigenvalue weighted by Crippen LogP contribution is 2.37. The van der Waals surface area contributed by atoms with Crippen LogP contribution in [0.15, 0.2) is 12.1 Å². The van der Waals surface area contributed by atoms with Gasteiger partial charge in [0.25, 0.3) is 0 Å².